The van der Waals surface area contributed by atoms with E-state index in [0.29, 0.717) is 0 Å². The van der Waals surface area contributed by atoms with Gasteiger partial charge in [-0.3, -0.25) is 4.98 Å². The Balaban J connectivity index is 2.27. The van der Waals surface area contributed by atoms with Crippen molar-refractivity contribution in [3.8, 4) is 0 Å². The number of nitrogens with two attached hydrogens (primary N) is 1. The van der Waals surface area contributed by atoms with E-state index in [9.17, 15) is 4.39 Å². The van der Waals surface area contributed by atoms with Crippen molar-refractivity contribution >= 4 is 0 Å². The summed E-state index contributed by atoms with van der Waals surface area (Å²) in [4.78, 5) is 3.69. The van der Waals surface area contributed by atoms with Gasteiger partial charge in [-0.05, 0) is 24.5 Å². The lowest BCUT2D eigenvalue weighted by atomic mass is 9.76. The summed E-state index contributed by atoms with van der Waals surface area (Å²) in [6.45, 7) is 0. The van der Waals surface area contributed by atoms with E-state index in [1.807, 2.05) is 0 Å². The number of aromatic nitrogens is 1. The van der Waals surface area contributed by atoms with Crippen LogP contribution in [0, 0.1) is 5.82 Å². The lowest BCUT2D eigenvalue weighted by Crippen LogP contribution is -2.37. The highest BCUT2D eigenvalue weighted by molar-refractivity contribution is 5.22. The second kappa shape index (κ2) is 2.83. The van der Waals surface area contributed by atoms with E-state index in [2.05, 4.69) is 4.98 Å². The van der Waals surface area contributed by atoms with Gasteiger partial charge in [0.15, 0.2) is 0 Å². The first kappa shape index (κ1) is 7.68. The first-order valence-corrected chi connectivity index (χ1v) is 4.14. The number of nitrogens with zero attached hydrogens (tertiary/aromatic N) is 1. The maximum Gasteiger partial charge on any atom is 0.145 e. The Kier molecular flexibility index (Phi) is 1.81. The van der Waals surface area contributed by atoms with Crippen molar-refractivity contribution in [3.63, 3.8) is 0 Å². The number of rotatable bonds is 1. The van der Waals surface area contributed by atoms with Gasteiger partial charge >= 0.3 is 0 Å². The third-order valence-corrected chi connectivity index (χ3v) is 2.53. The van der Waals surface area contributed by atoms with Gasteiger partial charge in [-0.2, -0.15) is 0 Å². The molecule has 1 aliphatic carbocycles. The molecule has 1 aromatic heterocycles. The molecule has 2 rings (SSSR count). The molecule has 1 heterocycles. The van der Waals surface area contributed by atoms with Crippen LogP contribution < -0.4 is 5.73 Å². The molecule has 0 aromatic carbocycles. The number of hydrogen-bond donors (Lipinski definition) is 1. The first-order valence-electron chi connectivity index (χ1n) is 4.14. The molecule has 2 atom stereocenters. The third kappa shape index (κ3) is 1.10. The van der Waals surface area contributed by atoms with Gasteiger partial charge in [0.25, 0.3) is 0 Å². The van der Waals surface area contributed by atoms with Crippen molar-refractivity contribution in [3.05, 3.63) is 29.8 Å². The minimum Gasteiger partial charge on any atom is -0.327 e. The molecule has 0 bridgehead atoms. The van der Waals surface area contributed by atoms with E-state index in [1.165, 1.54) is 6.20 Å². The minimum atomic E-state index is -0.224. The van der Waals surface area contributed by atoms with Gasteiger partial charge in [-0.1, -0.05) is 0 Å². The Hall–Kier alpha value is -0.960. The van der Waals surface area contributed by atoms with Gasteiger partial charge in [0, 0.05) is 18.2 Å². The van der Waals surface area contributed by atoms with Crippen LogP contribution in [0.5, 0.6) is 0 Å². The molecule has 1 aliphatic rings. The van der Waals surface area contributed by atoms with E-state index in [1.54, 1.807) is 12.3 Å². The quantitative estimate of drug-likeness (QED) is 0.685. The standard InChI is InChI=1S/C9H11FN2/c10-8-5-12-4-3-6(8)7-1-2-9(7)11/h3-5,7,9H,1-2,11H2. The molecular formula is C9H11FN2. The van der Waals surface area contributed by atoms with E-state index in [0.717, 1.165) is 18.4 Å². The molecule has 64 valence electrons. The average Bonchev–Trinajstić information content (AvgIpc) is 2.06. The lowest BCUT2D eigenvalue weighted by molar-refractivity contribution is 0.336. The van der Waals surface area contributed by atoms with Crippen LogP contribution in [0.1, 0.15) is 24.3 Å². The van der Waals surface area contributed by atoms with Crippen LogP contribution in [0.2, 0.25) is 0 Å². The van der Waals surface area contributed by atoms with Crippen LogP contribution in [0.15, 0.2) is 18.5 Å². The smallest absolute Gasteiger partial charge is 0.145 e. The summed E-state index contributed by atoms with van der Waals surface area (Å²) >= 11 is 0. The molecule has 2 nitrogen and oxygen atoms in total. The monoisotopic (exact) mass is 166 g/mol. The maximum atomic E-state index is 13.1. The summed E-state index contributed by atoms with van der Waals surface area (Å²) in [5.74, 6) is -0.00866. The molecule has 1 saturated carbocycles. The molecular weight excluding hydrogens is 155 g/mol. The summed E-state index contributed by atoms with van der Waals surface area (Å²) in [7, 11) is 0. The molecule has 0 radical (unpaired) electrons. The summed E-state index contributed by atoms with van der Waals surface area (Å²) in [5, 5.41) is 0. The Morgan fingerprint density at radius 3 is 2.83 bits per heavy atom. The van der Waals surface area contributed by atoms with E-state index in [4.69, 9.17) is 5.73 Å². The van der Waals surface area contributed by atoms with Crippen molar-refractivity contribution in [2.75, 3.05) is 0 Å². The van der Waals surface area contributed by atoms with Gasteiger partial charge < -0.3 is 5.73 Å². The zero-order valence-electron chi connectivity index (χ0n) is 6.70. The molecule has 2 unspecified atom stereocenters. The summed E-state index contributed by atoms with van der Waals surface area (Å²) < 4.78 is 13.1. The minimum absolute atomic E-state index is 0.141. The molecule has 0 spiro atoms. The zero-order valence-corrected chi connectivity index (χ0v) is 6.70. The number of hydrogen-bond acceptors (Lipinski definition) is 2. The molecule has 1 aromatic rings. The highest BCUT2D eigenvalue weighted by Gasteiger charge is 2.30. The van der Waals surface area contributed by atoms with E-state index < -0.39 is 0 Å². The second-order valence-corrected chi connectivity index (χ2v) is 3.24. The Morgan fingerprint density at radius 1 is 1.50 bits per heavy atom. The fourth-order valence-corrected chi connectivity index (χ4v) is 1.60. The van der Waals surface area contributed by atoms with Crippen LogP contribution in [0.4, 0.5) is 4.39 Å². The topological polar surface area (TPSA) is 38.9 Å². The number of halogens is 1. The highest BCUT2D eigenvalue weighted by atomic mass is 19.1. The molecule has 2 N–H and O–H groups in total. The van der Waals surface area contributed by atoms with Crippen molar-refractivity contribution in [1.29, 1.82) is 0 Å². The molecule has 1 fully saturated rings. The van der Waals surface area contributed by atoms with Crippen LogP contribution in [0.3, 0.4) is 0 Å². The highest BCUT2D eigenvalue weighted by Crippen LogP contribution is 2.36. The van der Waals surface area contributed by atoms with Gasteiger partial charge in [0.05, 0.1) is 6.20 Å². The molecule has 0 amide bonds. The van der Waals surface area contributed by atoms with Crippen molar-refractivity contribution in [2.45, 2.75) is 24.8 Å². The lowest BCUT2D eigenvalue weighted by Gasteiger charge is -2.33. The van der Waals surface area contributed by atoms with Gasteiger partial charge in [-0.15, -0.1) is 0 Å². The van der Waals surface area contributed by atoms with Gasteiger partial charge in [0.2, 0.25) is 0 Å². The largest absolute Gasteiger partial charge is 0.327 e. The van der Waals surface area contributed by atoms with Crippen LogP contribution >= 0.6 is 0 Å². The zero-order chi connectivity index (χ0) is 8.55. The predicted octanol–water partition coefficient (Wildman–Crippen LogP) is 1.43. The van der Waals surface area contributed by atoms with Gasteiger partial charge in [-0.25, -0.2) is 4.39 Å². The summed E-state index contributed by atoms with van der Waals surface area (Å²) in [6, 6.07) is 1.86. The summed E-state index contributed by atoms with van der Waals surface area (Å²) in [6.07, 6.45) is 4.87. The Bertz CT molecular complexity index is 288. The Labute approximate surface area is 70.6 Å². The maximum absolute atomic E-state index is 13.1. The normalized spacial score (nSPS) is 28.2. The third-order valence-electron chi connectivity index (χ3n) is 2.53. The molecule has 0 saturated heterocycles. The number of pyridine rings is 1. The average molecular weight is 166 g/mol. The van der Waals surface area contributed by atoms with Crippen LogP contribution in [-0.2, 0) is 0 Å². The fraction of sp³-hybridized carbons (Fsp3) is 0.444. The first-order chi connectivity index (χ1) is 5.79. The summed E-state index contributed by atoms with van der Waals surface area (Å²) in [5.41, 5.74) is 6.46. The molecule has 3 heteroatoms. The Morgan fingerprint density at radius 2 is 2.33 bits per heavy atom. The molecule has 0 aliphatic heterocycles. The van der Waals surface area contributed by atoms with Gasteiger partial charge in [0.1, 0.15) is 5.82 Å². The van der Waals surface area contributed by atoms with E-state index in [-0.39, 0.29) is 17.8 Å². The fourth-order valence-electron chi connectivity index (χ4n) is 1.60. The van der Waals surface area contributed by atoms with Crippen LogP contribution in [0.25, 0.3) is 0 Å². The van der Waals surface area contributed by atoms with Crippen molar-refractivity contribution < 1.29 is 4.39 Å². The van der Waals surface area contributed by atoms with Crippen molar-refractivity contribution in [2.24, 2.45) is 5.73 Å². The SMILES string of the molecule is NC1CCC1c1ccncc1F. The van der Waals surface area contributed by atoms with Crippen LogP contribution in [-0.4, -0.2) is 11.0 Å². The van der Waals surface area contributed by atoms with E-state index >= 15 is 0 Å². The van der Waals surface area contributed by atoms with Crippen molar-refractivity contribution in [1.82, 2.24) is 4.98 Å². The predicted molar refractivity (Wildman–Crippen MR) is 44.1 cm³/mol. The second-order valence-electron chi connectivity index (χ2n) is 3.24. The molecule has 12 heavy (non-hydrogen) atoms.